The van der Waals surface area contributed by atoms with Gasteiger partial charge in [0.1, 0.15) is 23.9 Å². The number of primary amides is 1. The molecule has 0 bridgehead atoms. The van der Waals surface area contributed by atoms with E-state index in [1.165, 1.54) is 36.4 Å². The van der Waals surface area contributed by atoms with Crippen molar-refractivity contribution in [1.29, 1.82) is 0 Å². The van der Waals surface area contributed by atoms with Gasteiger partial charge in [0.15, 0.2) is 0 Å². The zero-order valence-corrected chi connectivity index (χ0v) is 22.1. The number of nitrogens with two attached hydrogens (primary N) is 2. The van der Waals surface area contributed by atoms with Gasteiger partial charge < -0.3 is 42.6 Å². The van der Waals surface area contributed by atoms with Crippen LogP contribution in [0, 0.1) is 0 Å². The fourth-order valence-corrected chi connectivity index (χ4v) is 4.00. The quantitative estimate of drug-likeness (QED) is 0.116. The molecule has 0 fully saturated rings. The fourth-order valence-electron chi connectivity index (χ4n) is 3.53. The maximum absolute atomic E-state index is 13.3. The minimum Gasteiger partial charge on any atom is -0.508 e. The number of carbonyl (C=O) groups is 5. The van der Waals surface area contributed by atoms with Gasteiger partial charge in [0.25, 0.3) is 0 Å². The van der Waals surface area contributed by atoms with Gasteiger partial charge in [-0.2, -0.15) is 11.8 Å². The van der Waals surface area contributed by atoms with E-state index in [2.05, 4.69) is 25.9 Å². The predicted octanol–water partition coefficient (Wildman–Crippen LogP) is -1.60. The molecule has 0 aliphatic carbocycles. The molecule has 212 valence electrons. The molecular formula is C24H33N7O7S. The predicted molar refractivity (Wildman–Crippen MR) is 142 cm³/mol. The van der Waals surface area contributed by atoms with Crippen molar-refractivity contribution in [3.63, 3.8) is 0 Å². The van der Waals surface area contributed by atoms with Gasteiger partial charge in [-0.05, 0) is 42.5 Å². The second-order valence-corrected chi connectivity index (χ2v) is 9.72. The Hall–Kier alpha value is -4.11. The van der Waals surface area contributed by atoms with Crippen molar-refractivity contribution < 1.29 is 34.2 Å². The zero-order chi connectivity index (χ0) is 28.9. The Morgan fingerprint density at radius 1 is 0.974 bits per heavy atom. The van der Waals surface area contributed by atoms with Crippen LogP contribution < -0.4 is 27.4 Å². The molecule has 1 aromatic carbocycles. The molecular weight excluding hydrogens is 530 g/mol. The third-order valence-electron chi connectivity index (χ3n) is 5.60. The van der Waals surface area contributed by atoms with Crippen LogP contribution in [-0.2, 0) is 36.8 Å². The Labute approximate surface area is 228 Å². The summed E-state index contributed by atoms with van der Waals surface area (Å²) >= 11 is 1.40. The molecule has 4 amide bonds. The highest BCUT2D eigenvalue weighted by Crippen LogP contribution is 2.11. The number of imidazole rings is 1. The molecule has 4 atom stereocenters. The summed E-state index contributed by atoms with van der Waals surface area (Å²) in [6.45, 7) is 0. The van der Waals surface area contributed by atoms with Crippen LogP contribution in [-0.4, -0.2) is 86.0 Å². The number of aliphatic carboxylic acids is 1. The number of amides is 4. The molecule has 15 heteroatoms. The molecule has 4 unspecified atom stereocenters. The summed E-state index contributed by atoms with van der Waals surface area (Å²) < 4.78 is 0. The number of phenols is 1. The summed E-state index contributed by atoms with van der Waals surface area (Å²) in [7, 11) is 0. The monoisotopic (exact) mass is 563 g/mol. The Bertz CT molecular complexity index is 1130. The van der Waals surface area contributed by atoms with Crippen LogP contribution in [0.25, 0.3) is 0 Å². The second-order valence-electron chi connectivity index (χ2n) is 8.73. The Balaban J connectivity index is 2.16. The second kappa shape index (κ2) is 15.3. The van der Waals surface area contributed by atoms with Crippen LogP contribution in [0.1, 0.15) is 24.1 Å². The molecule has 0 radical (unpaired) electrons. The summed E-state index contributed by atoms with van der Waals surface area (Å²) in [6, 6.07) is 1.26. The van der Waals surface area contributed by atoms with E-state index < -0.39 is 60.2 Å². The van der Waals surface area contributed by atoms with E-state index in [4.69, 9.17) is 11.5 Å². The van der Waals surface area contributed by atoms with Gasteiger partial charge in [-0.3, -0.25) is 19.2 Å². The third kappa shape index (κ3) is 10.6. The first-order chi connectivity index (χ1) is 18.5. The van der Waals surface area contributed by atoms with E-state index in [0.29, 0.717) is 17.0 Å². The molecule has 2 rings (SSSR count). The number of aromatic nitrogens is 2. The van der Waals surface area contributed by atoms with Gasteiger partial charge in [0, 0.05) is 18.3 Å². The van der Waals surface area contributed by atoms with Crippen LogP contribution >= 0.6 is 11.8 Å². The standard InChI is InChI=1S/C24H33N7O7S/c1-39-7-6-17(22(35)31-19(24(37)38)10-20(26)33)29-23(36)18(9-14-11-27-12-28-14)30-21(34)16(25)8-13-2-4-15(32)5-3-13/h2-5,11-12,16-19,32H,6-10,25H2,1H3,(H2,26,33)(H,27,28)(H,29,36)(H,30,34)(H,31,35)(H,37,38). The van der Waals surface area contributed by atoms with Crippen molar-refractivity contribution in [1.82, 2.24) is 25.9 Å². The van der Waals surface area contributed by atoms with Gasteiger partial charge in [-0.15, -0.1) is 0 Å². The molecule has 14 nitrogen and oxygen atoms in total. The number of aromatic hydroxyl groups is 1. The largest absolute Gasteiger partial charge is 0.508 e. The number of hydrogen-bond donors (Lipinski definition) is 8. The molecule has 2 aromatic rings. The summed E-state index contributed by atoms with van der Waals surface area (Å²) in [5.74, 6) is -4.01. The highest BCUT2D eigenvalue weighted by atomic mass is 32.2. The summed E-state index contributed by atoms with van der Waals surface area (Å²) in [5, 5.41) is 26.2. The first-order valence-electron chi connectivity index (χ1n) is 11.9. The number of thioether (sulfide) groups is 1. The lowest BCUT2D eigenvalue weighted by molar-refractivity contribution is -0.143. The first-order valence-corrected chi connectivity index (χ1v) is 13.3. The number of aromatic amines is 1. The van der Waals surface area contributed by atoms with E-state index in [1.54, 1.807) is 18.4 Å². The Kier molecular flexibility index (Phi) is 12.2. The zero-order valence-electron chi connectivity index (χ0n) is 21.3. The topological polar surface area (TPSA) is 243 Å². The smallest absolute Gasteiger partial charge is 0.326 e. The average Bonchev–Trinajstić information content (AvgIpc) is 3.39. The Morgan fingerprint density at radius 2 is 1.59 bits per heavy atom. The van der Waals surface area contributed by atoms with Crippen molar-refractivity contribution in [2.45, 2.75) is 49.9 Å². The number of H-pyrrole nitrogens is 1. The lowest BCUT2D eigenvalue weighted by atomic mass is 10.0. The van der Waals surface area contributed by atoms with Gasteiger partial charge in [0.2, 0.25) is 23.6 Å². The van der Waals surface area contributed by atoms with Crippen LogP contribution in [0.15, 0.2) is 36.8 Å². The molecule has 0 saturated carbocycles. The van der Waals surface area contributed by atoms with Crippen molar-refractivity contribution in [2.24, 2.45) is 11.5 Å². The molecule has 0 saturated heterocycles. The Morgan fingerprint density at radius 3 is 2.15 bits per heavy atom. The molecule has 0 aliphatic heterocycles. The number of carboxylic acid groups (broad SMARTS) is 1. The van der Waals surface area contributed by atoms with Crippen LogP contribution in [0.5, 0.6) is 5.75 Å². The lowest BCUT2D eigenvalue weighted by Crippen LogP contribution is -2.58. The fraction of sp³-hybridized carbons (Fsp3) is 0.417. The van der Waals surface area contributed by atoms with Crippen molar-refractivity contribution in [3.05, 3.63) is 48.0 Å². The molecule has 39 heavy (non-hydrogen) atoms. The maximum Gasteiger partial charge on any atom is 0.326 e. The van der Waals surface area contributed by atoms with Gasteiger partial charge in [-0.25, -0.2) is 9.78 Å². The summed E-state index contributed by atoms with van der Waals surface area (Å²) in [4.78, 5) is 68.5. The van der Waals surface area contributed by atoms with Crippen molar-refractivity contribution >= 4 is 41.4 Å². The lowest BCUT2D eigenvalue weighted by Gasteiger charge is -2.25. The maximum atomic E-state index is 13.3. The van der Waals surface area contributed by atoms with Crippen LogP contribution in [0.2, 0.25) is 0 Å². The van der Waals surface area contributed by atoms with E-state index in [9.17, 15) is 34.2 Å². The minimum absolute atomic E-state index is 0.000203. The SMILES string of the molecule is CSCCC(NC(=O)C(Cc1cnc[nH]1)NC(=O)C(N)Cc1ccc(O)cc1)C(=O)NC(CC(N)=O)C(=O)O. The van der Waals surface area contributed by atoms with Crippen molar-refractivity contribution in [2.75, 3.05) is 12.0 Å². The van der Waals surface area contributed by atoms with Crippen LogP contribution in [0.4, 0.5) is 0 Å². The number of carboxylic acids is 1. The number of rotatable bonds is 16. The number of phenolic OH excluding ortho intramolecular Hbond substituents is 1. The number of nitrogens with zero attached hydrogens (tertiary/aromatic N) is 1. The first kappa shape index (κ1) is 31.1. The number of carbonyl (C=O) groups excluding carboxylic acids is 4. The number of benzene rings is 1. The minimum atomic E-state index is -1.57. The molecule has 10 N–H and O–H groups in total. The third-order valence-corrected chi connectivity index (χ3v) is 6.25. The normalized spacial score (nSPS) is 13.9. The van der Waals surface area contributed by atoms with Gasteiger partial charge >= 0.3 is 5.97 Å². The van der Waals surface area contributed by atoms with Gasteiger partial charge in [-0.1, -0.05) is 12.1 Å². The van der Waals surface area contributed by atoms with Crippen LogP contribution in [0.3, 0.4) is 0 Å². The molecule has 0 aliphatic rings. The molecule has 1 aromatic heterocycles. The molecule has 1 heterocycles. The summed E-state index contributed by atoms with van der Waals surface area (Å²) in [5.41, 5.74) is 12.4. The average molecular weight is 564 g/mol. The summed E-state index contributed by atoms with van der Waals surface area (Å²) in [6.07, 6.45) is 4.33. The highest BCUT2D eigenvalue weighted by molar-refractivity contribution is 7.98. The molecule has 0 spiro atoms. The number of hydrogen-bond acceptors (Lipinski definition) is 9. The highest BCUT2D eigenvalue weighted by Gasteiger charge is 2.31. The van der Waals surface area contributed by atoms with E-state index in [-0.39, 0.29) is 25.0 Å². The van der Waals surface area contributed by atoms with E-state index in [0.717, 1.165) is 0 Å². The van der Waals surface area contributed by atoms with E-state index in [1.807, 2.05) is 0 Å². The van der Waals surface area contributed by atoms with E-state index >= 15 is 0 Å². The number of nitrogens with one attached hydrogen (secondary N) is 4. The van der Waals surface area contributed by atoms with Crippen molar-refractivity contribution in [3.8, 4) is 5.75 Å². The van der Waals surface area contributed by atoms with Gasteiger partial charge in [0.05, 0.1) is 18.8 Å².